The van der Waals surface area contributed by atoms with E-state index in [1.807, 2.05) is 44.2 Å². The molecule has 0 bridgehead atoms. The summed E-state index contributed by atoms with van der Waals surface area (Å²) >= 11 is 0. The van der Waals surface area contributed by atoms with Crippen molar-refractivity contribution >= 4 is 5.91 Å². The maximum absolute atomic E-state index is 12.2. The number of amides is 1. The second-order valence-electron chi connectivity index (χ2n) is 5.39. The molecule has 0 saturated carbocycles. The predicted molar refractivity (Wildman–Crippen MR) is 81.8 cm³/mol. The standard InChI is InChI=1S/C17H18N2O3/c1-11-3-5-14(9-18-11)12(2)19-17(20)8-13-4-6-15-16(7-13)22-10-21-15/h3-7,9,12H,8,10H2,1-2H3,(H,19,20)/t12-/m0/s1. The fourth-order valence-corrected chi connectivity index (χ4v) is 2.35. The van der Waals surface area contributed by atoms with Crippen molar-refractivity contribution in [1.29, 1.82) is 0 Å². The zero-order valence-corrected chi connectivity index (χ0v) is 12.6. The summed E-state index contributed by atoms with van der Waals surface area (Å²) in [6.07, 6.45) is 2.10. The third kappa shape index (κ3) is 3.19. The Bertz CT molecular complexity index is 683. The normalized spacial score (nSPS) is 13.7. The minimum atomic E-state index is -0.0744. The summed E-state index contributed by atoms with van der Waals surface area (Å²) in [5, 5.41) is 2.98. The first-order valence-corrected chi connectivity index (χ1v) is 7.22. The molecule has 1 aliphatic heterocycles. The highest BCUT2D eigenvalue weighted by molar-refractivity contribution is 5.79. The van der Waals surface area contributed by atoms with E-state index in [0.29, 0.717) is 12.2 Å². The zero-order valence-electron chi connectivity index (χ0n) is 12.6. The van der Waals surface area contributed by atoms with Crippen molar-refractivity contribution in [1.82, 2.24) is 10.3 Å². The average Bonchev–Trinajstić information content (AvgIpc) is 2.95. The van der Waals surface area contributed by atoms with E-state index >= 15 is 0 Å². The highest BCUT2D eigenvalue weighted by Crippen LogP contribution is 2.32. The Morgan fingerprint density at radius 3 is 2.86 bits per heavy atom. The molecule has 5 heteroatoms. The highest BCUT2D eigenvalue weighted by Gasteiger charge is 2.15. The van der Waals surface area contributed by atoms with E-state index in [4.69, 9.17) is 9.47 Å². The van der Waals surface area contributed by atoms with Gasteiger partial charge in [0.05, 0.1) is 12.5 Å². The minimum absolute atomic E-state index is 0.0352. The summed E-state index contributed by atoms with van der Waals surface area (Å²) in [5.74, 6) is 1.39. The first-order chi connectivity index (χ1) is 10.6. The summed E-state index contributed by atoms with van der Waals surface area (Å²) in [4.78, 5) is 16.4. The van der Waals surface area contributed by atoms with Gasteiger partial charge in [-0.3, -0.25) is 9.78 Å². The maximum atomic E-state index is 12.2. The van der Waals surface area contributed by atoms with Gasteiger partial charge in [-0.05, 0) is 43.2 Å². The van der Waals surface area contributed by atoms with Crippen molar-refractivity contribution in [2.75, 3.05) is 6.79 Å². The molecule has 1 N–H and O–H groups in total. The number of fused-ring (bicyclic) bond motifs is 1. The first-order valence-electron chi connectivity index (χ1n) is 7.22. The largest absolute Gasteiger partial charge is 0.454 e. The molecule has 0 fully saturated rings. The van der Waals surface area contributed by atoms with E-state index in [2.05, 4.69) is 10.3 Å². The molecular formula is C17H18N2O3. The van der Waals surface area contributed by atoms with Crippen molar-refractivity contribution in [3.63, 3.8) is 0 Å². The number of pyridine rings is 1. The fourth-order valence-electron chi connectivity index (χ4n) is 2.35. The van der Waals surface area contributed by atoms with E-state index in [9.17, 15) is 4.79 Å². The van der Waals surface area contributed by atoms with Crippen molar-refractivity contribution < 1.29 is 14.3 Å². The van der Waals surface area contributed by atoms with Crippen LogP contribution in [0.25, 0.3) is 0 Å². The molecular weight excluding hydrogens is 280 g/mol. The lowest BCUT2D eigenvalue weighted by molar-refractivity contribution is -0.121. The first kappa shape index (κ1) is 14.4. The lowest BCUT2D eigenvalue weighted by Crippen LogP contribution is -2.28. The van der Waals surface area contributed by atoms with E-state index in [0.717, 1.165) is 22.6 Å². The van der Waals surface area contributed by atoms with Gasteiger partial charge < -0.3 is 14.8 Å². The molecule has 1 amide bonds. The molecule has 2 heterocycles. The third-order valence-corrected chi connectivity index (χ3v) is 3.61. The van der Waals surface area contributed by atoms with Gasteiger partial charge in [0.1, 0.15) is 0 Å². The summed E-state index contributed by atoms with van der Waals surface area (Å²) in [5.41, 5.74) is 2.85. The van der Waals surface area contributed by atoms with Crippen molar-refractivity contribution in [3.05, 3.63) is 53.3 Å². The van der Waals surface area contributed by atoms with Crippen LogP contribution in [0, 0.1) is 6.92 Å². The van der Waals surface area contributed by atoms with Gasteiger partial charge in [0.2, 0.25) is 12.7 Å². The van der Waals surface area contributed by atoms with Gasteiger partial charge in [0.15, 0.2) is 11.5 Å². The molecule has 22 heavy (non-hydrogen) atoms. The number of nitrogens with one attached hydrogen (secondary N) is 1. The molecule has 1 atom stereocenters. The maximum Gasteiger partial charge on any atom is 0.231 e. The molecule has 114 valence electrons. The number of benzene rings is 1. The molecule has 1 aliphatic rings. The summed E-state index contributed by atoms with van der Waals surface area (Å²) < 4.78 is 10.6. The number of carbonyl (C=O) groups is 1. The van der Waals surface area contributed by atoms with Crippen LogP contribution in [0.2, 0.25) is 0 Å². The quantitative estimate of drug-likeness (QED) is 0.942. The number of rotatable bonds is 4. The van der Waals surface area contributed by atoms with Crippen molar-refractivity contribution in [2.24, 2.45) is 0 Å². The average molecular weight is 298 g/mol. The second kappa shape index (κ2) is 6.05. The van der Waals surface area contributed by atoms with Crippen LogP contribution in [0.5, 0.6) is 11.5 Å². The van der Waals surface area contributed by atoms with Gasteiger partial charge in [-0.1, -0.05) is 12.1 Å². The molecule has 3 rings (SSSR count). The molecule has 5 nitrogen and oxygen atoms in total. The Labute approximate surface area is 129 Å². The Kier molecular flexibility index (Phi) is 3.96. The number of hydrogen-bond acceptors (Lipinski definition) is 4. The van der Waals surface area contributed by atoms with Gasteiger partial charge in [-0.15, -0.1) is 0 Å². The lowest BCUT2D eigenvalue weighted by atomic mass is 10.1. The van der Waals surface area contributed by atoms with Gasteiger partial charge in [-0.25, -0.2) is 0 Å². The Hall–Kier alpha value is -2.56. The molecule has 0 spiro atoms. The van der Waals surface area contributed by atoms with Crippen LogP contribution >= 0.6 is 0 Å². The number of ether oxygens (including phenoxy) is 2. The van der Waals surface area contributed by atoms with Crippen LogP contribution in [0.1, 0.15) is 29.8 Å². The monoisotopic (exact) mass is 298 g/mol. The van der Waals surface area contributed by atoms with Gasteiger partial charge in [-0.2, -0.15) is 0 Å². The SMILES string of the molecule is Cc1ccc([C@H](C)NC(=O)Cc2ccc3c(c2)OCO3)cn1. The Morgan fingerprint density at radius 1 is 1.27 bits per heavy atom. The fraction of sp³-hybridized carbons (Fsp3) is 0.294. The van der Waals surface area contributed by atoms with Crippen LogP contribution in [0.15, 0.2) is 36.5 Å². The van der Waals surface area contributed by atoms with Gasteiger partial charge >= 0.3 is 0 Å². The number of aryl methyl sites for hydroxylation is 1. The Balaban J connectivity index is 1.61. The number of nitrogens with zero attached hydrogens (tertiary/aromatic N) is 1. The highest BCUT2D eigenvalue weighted by atomic mass is 16.7. The van der Waals surface area contributed by atoms with Crippen molar-refractivity contribution in [3.8, 4) is 11.5 Å². The van der Waals surface area contributed by atoms with Gasteiger partial charge in [0.25, 0.3) is 0 Å². The topological polar surface area (TPSA) is 60.5 Å². The summed E-state index contributed by atoms with van der Waals surface area (Å²) in [6.45, 7) is 4.12. The molecule has 1 aromatic carbocycles. The van der Waals surface area contributed by atoms with E-state index in [1.165, 1.54) is 0 Å². The van der Waals surface area contributed by atoms with E-state index in [-0.39, 0.29) is 18.7 Å². The predicted octanol–water partition coefficient (Wildman–Crippen LogP) is 2.54. The molecule has 0 unspecified atom stereocenters. The van der Waals surface area contributed by atoms with Crippen LogP contribution in [0.4, 0.5) is 0 Å². The number of aromatic nitrogens is 1. The summed E-state index contributed by atoms with van der Waals surface area (Å²) in [6, 6.07) is 9.40. The van der Waals surface area contributed by atoms with Crippen LogP contribution in [-0.2, 0) is 11.2 Å². The minimum Gasteiger partial charge on any atom is -0.454 e. The lowest BCUT2D eigenvalue weighted by Gasteiger charge is -2.14. The van der Waals surface area contributed by atoms with E-state index < -0.39 is 0 Å². The van der Waals surface area contributed by atoms with Gasteiger partial charge in [0, 0.05) is 11.9 Å². The van der Waals surface area contributed by atoms with Crippen LogP contribution < -0.4 is 14.8 Å². The van der Waals surface area contributed by atoms with Crippen LogP contribution in [0.3, 0.4) is 0 Å². The smallest absolute Gasteiger partial charge is 0.231 e. The molecule has 2 aromatic rings. The molecule has 0 radical (unpaired) electrons. The molecule has 0 aliphatic carbocycles. The molecule has 0 saturated heterocycles. The zero-order chi connectivity index (χ0) is 15.5. The second-order valence-corrected chi connectivity index (χ2v) is 5.39. The van der Waals surface area contributed by atoms with Crippen molar-refractivity contribution in [2.45, 2.75) is 26.3 Å². The summed E-state index contributed by atoms with van der Waals surface area (Å²) in [7, 11) is 0. The number of hydrogen-bond donors (Lipinski definition) is 1. The van der Waals surface area contributed by atoms with Crippen LogP contribution in [-0.4, -0.2) is 17.7 Å². The molecule has 1 aromatic heterocycles. The Morgan fingerprint density at radius 2 is 2.09 bits per heavy atom. The van der Waals surface area contributed by atoms with E-state index in [1.54, 1.807) is 6.20 Å². The third-order valence-electron chi connectivity index (χ3n) is 3.61. The number of carbonyl (C=O) groups excluding carboxylic acids is 1.